The lowest BCUT2D eigenvalue weighted by Gasteiger charge is -2.16. The molecule has 1 fully saturated rings. The summed E-state index contributed by atoms with van der Waals surface area (Å²) in [7, 11) is 0. The van der Waals surface area contributed by atoms with Gasteiger partial charge in [-0.1, -0.05) is 18.2 Å². The first-order valence-corrected chi connectivity index (χ1v) is 9.38. The van der Waals surface area contributed by atoms with Crippen molar-refractivity contribution in [3.8, 4) is 0 Å². The summed E-state index contributed by atoms with van der Waals surface area (Å²) in [5, 5.41) is 2.73. The number of alkyl halides is 3. The Morgan fingerprint density at radius 2 is 1.83 bits per heavy atom. The monoisotopic (exact) mass is 413 g/mol. The van der Waals surface area contributed by atoms with Crippen molar-refractivity contribution in [3.05, 3.63) is 77.7 Å². The van der Waals surface area contributed by atoms with E-state index < -0.39 is 11.7 Å². The fourth-order valence-electron chi connectivity index (χ4n) is 3.40. The zero-order chi connectivity index (χ0) is 21.1. The van der Waals surface area contributed by atoms with Crippen molar-refractivity contribution in [2.24, 2.45) is 0 Å². The molecule has 3 aromatic rings. The first-order valence-electron chi connectivity index (χ1n) is 9.38. The third-order valence-electron chi connectivity index (χ3n) is 4.92. The van der Waals surface area contributed by atoms with Crippen molar-refractivity contribution in [1.82, 2.24) is 19.9 Å². The van der Waals surface area contributed by atoms with Gasteiger partial charge in [-0.25, -0.2) is 15.0 Å². The molecule has 1 aliphatic rings. The van der Waals surface area contributed by atoms with E-state index in [1.165, 1.54) is 0 Å². The van der Waals surface area contributed by atoms with Crippen LogP contribution < -0.4 is 5.32 Å². The Labute approximate surface area is 170 Å². The fourth-order valence-corrected chi connectivity index (χ4v) is 3.40. The van der Waals surface area contributed by atoms with Crippen LogP contribution in [-0.2, 0) is 6.18 Å². The molecule has 0 bridgehead atoms. The van der Waals surface area contributed by atoms with Crippen molar-refractivity contribution in [3.63, 3.8) is 0 Å². The number of nitrogens with zero attached hydrogens (tertiary/aromatic N) is 4. The molecule has 9 heteroatoms. The molecule has 1 aliphatic heterocycles. The van der Waals surface area contributed by atoms with Gasteiger partial charge in [0.05, 0.1) is 11.3 Å². The maximum Gasteiger partial charge on any atom is 0.416 e. The number of nitrogens with one attached hydrogen (secondary N) is 1. The van der Waals surface area contributed by atoms with E-state index in [4.69, 9.17) is 0 Å². The topological polar surface area (TPSA) is 71.0 Å². The summed E-state index contributed by atoms with van der Waals surface area (Å²) < 4.78 is 38.6. The third kappa shape index (κ3) is 4.40. The smallest absolute Gasteiger partial charge is 0.338 e. The molecule has 1 aromatic carbocycles. The van der Waals surface area contributed by atoms with E-state index in [0.29, 0.717) is 18.7 Å². The molecular formula is C21H18F3N5O. The predicted octanol–water partition coefficient (Wildman–Crippen LogP) is 4.26. The molecule has 0 unspecified atom stereocenters. The number of rotatable bonds is 4. The van der Waals surface area contributed by atoms with Crippen LogP contribution in [0.4, 0.5) is 24.9 Å². The molecule has 6 nitrogen and oxygen atoms in total. The molecule has 3 heterocycles. The van der Waals surface area contributed by atoms with Crippen LogP contribution in [0.2, 0.25) is 0 Å². The number of hydrogen-bond acceptors (Lipinski definition) is 5. The second-order valence-corrected chi connectivity index (χ2v) is 6.96. The summed E-state index contributed by atoms with van der Waals surface area (Å²) >= 11 is 0. The number of anilines is 2. The number of pyridine rings is 1. The van der Waals surface area contributed by atoms with Crippen LogP contribution in [0.25, 0.3) is 0 Å². The van der Waals surface area contributed by atoms with Crippen LogP contribution >= 0.6 is 0 Å². The van der Waals surface area contributed by atoms with Crippen molar-refractivity contribution in [1.29, 1.82) is 0 Å². The average molecular weight is 413 g/mol. The van der Waals surface area contributed by atoms with Gasteiger partial charge in [-0.2, -0.15) is 13.2 Å². The Bertz CT molecular complexity index is 1040. The standard InChI is InChI=1S/C21H18F3N5O/c22-21(23,24)16-6-9-25-18(12-16)28-20-26-10-7-17(27-20)15-8-11-29(13-15)19(30)14-4-2-1-3-5-14/h1-7,9-10,12,15H,8,11,13H2,(H,25,26,27,28)/t15-/m0/s1. The van der Waals surface area contributed by atoms with Crippen LogP contribution in [0.15, 0.2) is 60.9 Å². The van der Waals surface area contributed by atoms with E-state index in [-0.39, 0.29) is 23.6 Å². The van der Waals surface area contributed by atoms with Crippen molar-refractivity contribution in [2.75, 3.05) is 18.4 Å². The molecule has 1 saturated heterocycles. The molecule has 1 N–H and O–H groups in total. The number of hydrogen-bond donors (Lipinski definition) is 1. The highest BCUT2D eigenvalue weighted by Crippen LogP contribution is 2.31. The van der Waals surface area contributed by atoms with E-state index >= 15 is 0 Å². The van der Waals surface area contributed by atoms with E-state index in [1.54, 1.807) is 29.3 Å². The quantitative estimate of drug-likeness (QED) is 0.692. The Hall–Kier alpha value is -3.49. The Kier molecular flexibility index (Phi) is 5.35. The number of carbonyl (C=O) groups is 1. The lowest BCUT2D eigenvalue weighted by molar-refractivity contribution is -0.137. The van der Waals surface area contributed by atoms with Crippen LogP contribution in [0.1, 0.15) is 34.0 Å². The lowest BCUT2D eigenvalue weighted by atomic mass is 10.1. The largest absolute Gasteiger partial charge is 0.416 e. The molecule has 0 spiro atoms. The van der Waals surface area contributed by atoms with Crippen LogP contribution in [0.3, 0.4) is 0 Å². The van der Waals surface area contributed by atoms with Gasteiger partial charge in [0.1, 0.15) is 5.82 Å². The molecule has 1 atom stereocenters. The minimum absolute atomic E-state index is 0.00859. The summed E-state index contributed by atoms with van der Waals surface area (Å²) in [4.78, 5) is 26.8. The van der Waals surface area contributed by atoms with Gasteiger partial charge < -0.3 is 10.2 Å². The van der Waals surface area contributed by atoms with Crippen LogP contribution in [-0.4, -0.2) is 38.8 Å². The number of amides is 1. The number of benzene rings is 1. The molecule has 0 radical (unpaired) electrons. The highest BCUT2D eigenvalue weighted by Gasteiger charge is 2.31. The fraction of sp³-hybridized carbons (Fsp3) is 0.238. The summed E-state index contributed by atoms with van der Waals surface area (Å²) in [5.74, 6) is 0.163. The van der Waals surface area contributed by atoms with Crippen LogP contribution in [0, 0.1) is 0 Å². The van der Waals surface area contributed by atoms with Crippen LogP contribution in [0.5, 0.6) is 0 Å². The third-order valence-corrected chi connectivity index (χ3v) is 4.92. The van der Waals surface area contributed by atoms with E-state index in [1.807, 2.05) is 18.2 Å². The Balaban J connectivity index is 1.46. The van der Waals surface area contributed by atoms with Gasteiger partial charge in [-0.3, -0.25) is 4.79 Å². The summed E-state index contributed by atoms with van der Waals surface area (Å²) in [6.45, 7) is 1.13. The number of aromatic nitrogens is 3. The maximum atomic E-state index is 12.9. The zero-order valence-corrected chi connectivity index (χ0v) is 15.8. The van der Waals surface area contributed by atoms with Gasteiger partial charge in [-0.15, -0.1) is 0 Å². The molecule has 4 rings (SSSR count). The SMILES string of the molecule is O=C(c1ccccc1)N1CC[C@H](c2ccnc(Nc3cc(C(F)(F)F)ccn3)n2)C1. The van der Waals surface area contributed by atoms with Gasteiger partial charge in [0.2, 0.25) is 5.95 Å². The molecule has 154 valence electrons. The second-order valence-electron chi connectivity index (χ2n) is 6.96. The molecule has 30 heavy (non-hydrogen) atoms. The highest BCUT2D eigenvalue weighted by atomic mass is 19.4. The first-order chi connectivity index (χ1) is 14.4. The highest BCUT2D eigenvalue weighted by molar-refractivity contribution is 5.94. The second kappa shape index (κ2) is 8.10. The maximum absolute atomic E-state index is 12.9. The van der Waals surface area contributed by atoms with Gasteiger partial charge in [-0.05, 0) is 36.8 Å². The molecule has 2 aromatic heterocycles. The molecule has 1 amide bonds. The van der Waals surface area contributed by atoms with Gasteiger partial charge in [0, 0.05) is 37.0 Å². The first kappa shape index (κ1) is 19.8. The Morgan fingerprint density at radius 3 is 2.60 bits per heavy atom. The normalized spacial score (nSPS) is 16.5. The van der Waals surface area contributed by atoms with Gasteiger partial charge in [0.25, 0.3) is 5.91 Å². The van der Waals surface area contributed by atoms with Crippen molar-refractivity contribution in [2.45, 2.75) is 18.5 Å². The predicted molar refractivity (Wildman–Crippen MR) is 104 cm³/mol. The van der Waals surface area contributed by atoms with E-state index in [9.17, 15) is 18.0 Å². The molecule has 0 saturated carbocycles. The van der Waals surface area contributed by atoms with Crippen molar-refractivity contribution >= 4 is 17.7 Å². The number of likely N-dealkylation sites (tertiary alicyclic amines) is 1. The average Bonchev–Trinajstić information content (AvgIpc) is 3.24. The summed E-state index contributed by atoms with van der Waals surface area (Å²) in [5.41, 5.74) is 0.559. The van der Waals surface area contributed by atoms with Gasteiger partial charge >= 0.3 is 6.18 Å². The number of carbonyl (C=O) groups excluding carboxylic acids is 1. The number of halogens is 3. The lowest BCUT2D eigenvalue weighted by Crippen LogP contribution is -2.28. The summed E-state index contributed by atoms with van der Waals surface area (Å²) in [6, 6.07) is 12.6. The minimum atomic E-state index is -4.46. The van der Waals surface area contributed by atoms with Gasteiger partial charge in [0.15, 0.2) is 0 Å². The summed E-state index contributed by atoms with van der Waals surface area (Å²) in [6.07, 6.45) is -1.09. The molecule has 0 aliphatic carbocycles. The van der Waals surface area contributed by atoms with Crippen molar-refractivity contribution < 1.29 is 18.0 Å². The minimum Gasteiger partial charge on any atom is -0.338 e. The van der Waals surface area contributed by atoms with E-state index in [0.717, 1.165) is 30.4 Å². The molecular weight excluding hydrogens is 395 g/mol. The Morgan fingerprint density at radius 1 is 1.07 bits per heavy atom. The van der Waals surface area contributed by atoms with E-state index in [2.05, 4.69) is 20.3 Å². The zero-order valence-electron chi connectivity index (χ0n) is 15.8.